The van der Waals surface area contributed by atoms with Gasteiger partial charge in [0.25, 0.3) is 0 Å². The highest BCUT2D eigenvalue weighted by Crippen LogP contribution is 2.41. The zero-order valence-corrected chi connectivity index (χ0v) is 10.6. The van der Waals surface area contributed by atoms with Gasteiger partial charge in [0.2, 0.25) is 0 Å². The molecular weight excluding hydrogens is 274 g/mol. The van der Waals surface area contributed by atoms with Gasteiger partial charge in [0, 0.05) is 25.1 Å². The Morgan fingerprint density at radius 2 is 2.40 bits per heavy atom. The predicted molar refractivity (Wildman–Crippen MR) is 65.8 cm³/mol. The Labute approximate surface area is 101 Å². The lowest BCUT2D eigenvalue weighted by molar-refractivity contribution is 0.557. The van der Waals surface area contributed by atoms with Gasteiger partial charge in [-0.15, -0.1) is 11.3 Å². The molecule has 0 fully saturated rings. The summed E-state index contributed by atoms with van der Waals surface area (Å²) in [5.74, 6) is 0.464. The fraction of sp³-hybridized carbons (Fsp3) is 0.273. The van der Waals surface area contributed by atoms with Crippen LogP contribution in [-0.4, -0.2) is 13.6 Å². The van der Waals surface area contributed by atoms with E-state index >= 15 is 0 Å². The fourth-order valence-corrected chi connectivity index (χ4v) is 3.36. The van der Waals surface area contributed by atoms with E-state index in [1.54, 1.807) is 11.3 Å². The van der Waals surface area contributed by atoms with Crippen LogP contribution in [0.4, 0.5) is 5.69 Å². The van der Waals surface area contributed by atoms with Crippen molar-refractivity contribution in [1.29, 1.82) is 0 Å². The van der Waals surface area contributed by atoms with Gasteiger partial charge in [-0.05, 0) is 32.9 Å². The minimum atomic E-state index is 0.464. The van der Waals surface area contributed by atoms with E-state index in [0.717, 1.165) is 6.54 Å². The number of nitrogens with zero attached hydrogens (tertiary/aromatic N) is 1. The molecule has 0 bridgehead atoms. The number of hydrogen-bond acceptors (Lipinski definition) is 3. The highest BCUT2D eigenvalue weighted by atomic mass is 79.9. The first-order chi connectivity index (χ1) is 7.25. The first kappa shape index (κ1) is 9.48. The van der Waals surface area contributed by atoms with Crippen LogP contribution in [0.15, 0.2) is 32.2 Å². The van der Waals surface area contributed by atoms with Gasteiger partial charge in [-0.1, -0.05) is 0 Å². The van der Waals surface area contributed by atoms with Crippen molar-refractivity contribution in [1.82, 2.24) is 0 Å². The number of fused-ring (bicyclic) bond motifs is 1. The minimum absolute atomic E-state index is 0.464. The molecule has 2 aromatic rings. The molecule has 0 saturated heterocycles. The summed E-state index contributed by atoms with van der Waals surface area (Å²) in [5, 5.41) is 2.21. The standard InChI is InChI=1S/C11H10BrNOS/c1-13-3-8(7-2-11(12)15-6-7)9-4-14-5-10(9)13/h2,4-6,8H,3H2,1H3. The lowest BCUT2D eigenvalue weighted by atomic mass is 9.98. The van der Waals surface area contributed by atoms with Crippen molar-refractivity contribution in [3.63, 3.8) is 0 Å². The SMILES string of the molecule is CN1CC(c2csc(Br)c2)c2cocc21. The Bertz CT molecular complexity index is 490. The highest BCUT2D eigenvalue weighted by molar-refractivity contribution is 9.11. The number of thiophene rings is 1. The molecule has 3 rings (SSSR count). The molecule has 3 heterocycles. The largest absolute Gasteiger partial charge is 0.470 e. The zero-order valence-electron chi connectivity index (χ0n) is 8.24. The van der Waals surface area contributed by atoms with Crippen molar-refractivity contribution in [2.24, 2.45) is 0 Å². The molecule has 0 amide bonds. The van der Waals surface area contributed by atoms with Crippen LogP contribution in [-0.2, 0) is 0 Å². The quantitative estimate of drug-likeness (QED) is 0.794. The fourth-order valence-electron chi connectivity index (χ4n) is 2.13. The maximum Gasteiger partial charge on any atom is 0.114 e. The summed E-state index contributed by atoms with van der Waals surface area (Å²) in [4.78, 5) is 2.25. The lowest BCUT2D eigenvalue weighted by Crippen LogP contribution is -2.15. The number of likely N-dealkylation sites (N-methyl/N-ethyl adjacent to an activating group) is 1. The summed E-state index contributed by atoms with van der Waals surface area (Å²) in [6.07, 6.45) is 3.70. The van der Waals surface area contributed by atoms with Gasteiger partial charge in [-0.25, -0.2) is 0 Å². The zero-order chi connectivity index (χ0) is 10.4. The number of rotatable bonds is 1. The molecule has 1 atom stereocenters. The van der Waals surface area contributed by atoms with E-state index in [1.807, 2.05) is 12.5 Å². The van der Waals surface area contributed by atoms with Gasteiger partial charge >= 0.3 is 0 Å². The molecule has 4 heteroatoms. The lowest BCUT2D eigenvalue weighted by Gasteiger charge is -2.11. The van der Waals surface area contributed by atoms with Crippen molar-refractivity contribution >= 4 is 33.0 Å². The Balaban J connectivity index is 2.04. The van der Waals surface area contributed by atoms with Gasteiger partial charge in [-0.2, -0.15) is 0 Å². The molecule has 2 aromatic heterocycles. The molecule has 1 aliphatic rings. The van der Waals surface area contributed by atoms with Crippen LogP contribution >= 0.6 is 27.3 Å². The molecule has 15 heavy (non-hydrogen) atoms. The van der Waals surface area contributed by atoms with E-state index in [2.05, 4.69) is 39.3 Å². The molecule has 78 valence electrons. The Kier molecular flexibility index (Phi) is 2.14. The van der Waals surface area contributed by atoms with E-state index in [1.165, 1.54) is 20.6 Å². The monoisotopic (exact) mass is 283 g/mol. The second kappa shape index (κ2) is 3.39. The summed E-state index contributed by atoms with van der Waals surface area (Å²) in [6.45, 7) is 1.05. The predicted octanol–water partition coefficient (Wildman–Crippen LogP) is 3.69. The molecule has 1 aliphatic heterocycles. The Hall–Kier alpha value is -0.740. The number of halogens is 1. The van der Waals surface area contributed by atoms with Crippen LogP contribution in [0, 0.1) is 0 Å². The van der Waals surface area contributed by atoms with Gasteiger partial charge in [0.1, 0.15) is 6.26 Å². The molecule has 1 unspecified atom stereocenters. The van der Waals surface area contributed by atoms with E-state index in [9.17, 15) is 0 Å². The maximum atomic E-state index is 5.27. The van der Waals surface area contributed by atoms with Gasteiger partial charge in [0.15, 0.2) is 0 Å². The molecule has 0 radical (unpaired) electrons. The summed E-state index contributed by atoms with van der Waals surface area (Å²) in [5.41, 5.74) is 3.91. The summed E-state index contributed by atoms with van der Waals surface area (Å²) >= 11 is 5.24. The Morgan fingerprint density at radius 1 is 1.53 bits per heavy atom. The van der Waals surface area contributed by atoms with Gasteiger partial charge in [0.05, 0.1) is 15.7 Å². The number of furan rings is 1. The molecule has 0 N–H and O–H groups in total. The molecule has 0 aliphatic carbocycles. The molecule has 0 saturated carbocycles. The first-order valence-corrected chi connectivity index (χ1v) is 6.44. The van der Waals surface area contributed by atoms with Crippen molar-refractivity contribution in [3.8, 4) is 0 Å². The Morgan fingerprint density at radius 3 is 3.13 bits per heavy atom. The van der Waals surface area contributed by atoms with Crippen LogP contribution in [0.3, 0.4) is 0 Å². The summed E-state index contributed by atoms with van der Waals surface area (Å²) in [6, 6.07) is 2.20. The topological polar surface area (TPSA) is 16.4 Å². The third-order valence-corrected chi connectivity index (χ3v) is 4.43. The molecule has 0 spiro atoms. The average Bonchev–Trinajstić information content (AvgIpc) is 2.84. The van der Waals surface area contributed by atoms with Crippen molar-refractivity contribution in [2.45, 2.75) is 5.92 Å². The van der Waals surface area contributed by atoms with Crippen LogP contribution < -0.4 is 4.90 Å². The van der Waals surface area contributed by atoms with Crippen molar-refractivity contribution in [2.75, 3.05) is 18.5 Å². The summed E-state index contributed by atoms with van der Waals surface area (Å²) < 4.78 is 6.46. The second-order valence-corrected chi connectivity index (χ2v) is 6.12. The van der Waals surface area contributed by atoms with Crippen LogP contribution in [0.5, 0.6) is 0 Å². The van der Waals surface area contributed by atoms with Crippen LogP contribution in [0.1, 0.15) is 17.0 Å². The van der Waals surface area contributed by atoms with E-state index in [0.29, 0.717) is 5.92 Å². The smallest absolute Gasteiger partial charge is 0.114 e. The minimum Gasteiger partial charge on any atom is -0.470 e. The average molecular weight is 284 g/mol. The van der Waals surface area contributed by atoms with Crippen LogP contribution in [0.25, 0.3) is 0 Å². The third kappa shape index (κ3) is 1.43. The molecule has 2 nitrogen and oxygen atoms in total. The summed E-state index contributed by atoms with van der Waals surface area (Å²) in [7, 11) is 2.11. The first-order valence-electron chi connectivity index (χ1n) is 4.77. The number of anilines is 1. The van der Waals surface area contributed by atoms with Crippen molar-refractivity contribution in [3.05, 3.63) is 38.9 Å². The van der Waals surface area contributed by atoms with E-state index in [-0.39, 0.29) is 0 Å². The highest BCUT2D eigenvalue weighted by Gasteiger charge is 2.29. The van der Waals surface area contributed by atoms with Crippen LogP contribution in [0.2, 0.25) is 0 Å². The maximum absolute atomic E-state index is 5.27. The molecular formula is C11H10BrNOS. The molecule has 0 aromatic carbocycles. The third-order valence-electron chi connectivity index (χ3n) is 2.90. The second-order valence-electron chi connectivity index (χ2n) is 3.83. The van der Waals surface area contributed by atoms with E-state index in [4.69, 9.17) is 4.42 Å². The number of hydrogen-bond donors (Lipinski definition) is 0. The van der Waals surface area contributed by atoms with Gasteiger partial charge < -0.3 is 9.32 Å². The van der Waals surface area contributed by atoms with Crippen molar-refractivity contribution < 1.29 is 4.42 Å². The van der Waals surface area contributed by atoms with Gasteiger partial charge in [-0.3, -0.25) is 0 Å². The normalized spacial score (nSPS) is 19.6. The van der Waals surface area contributed by atoms with E-state index < -0.39 is 0 Å².